The molecule has 1 heterocycles. The highest BCUT2D eigenvalue weighted by atomic mass is 32.1. The standard InChI is InChI=1S/C24H34N8O7S.C2HF3O2/c25-24(26)27-8-4-7-14-20(36)28-11-18(33)29-16(10-19(34)35)22(38)31-15(9-13-5-2-1-3-6-13)21(37)32-17(12-40)23(39)30-14;3-2(4,5)1(6)7/h1-3,5-6,14-17,40H,4,7-12H2,(H,28,36)(H,29,33)(H,30,39)(H,31,38)(H,32,37)(H,34,35)(H4,25,26,27);(H,6,7)/t14-,15+,16-,17-;/m0./s1. The third-order valence-electron chi connectivity index (χ3n) is 6.01. The number of nitrogens with one attached hydrogen (secondary N) is 5. The maximum atomic E-state index is 13.3. The SMILES string of the molecule is NC(N)=NCCC[C@@H]1NC(=O)[C@H](CS)NC(=O)[C@@H](Cc2ccccc2)NC(=O)[C@H](CC(=O)O)NC(=O)CNC1=O.O=C(O)C(F)(F)F. The Morgan fingerprint density at radius 1 is 0.851 bits per heavy atom. The lowest BCUT2D eigenvalue weighted by Gasteiger charge is -2.25. The zero-order valence-electron chi connectivity index (χ0n) is 24.6. The number of carboxylic acids is 2. The third kappa shape index (κ3) is 15.7. The quantitative estimate of drug-likeness (QED) is 0.0554. The van der Waals surface area contributed by atoms with Gasteiger partial charge in [0.2, 0.25) is 29.5 Å². The molecule has 21 heteroatoms. The second kappa shape index (κ2) is 19.4. The highest BCUT2D eigenvalue weighted by molar-refractivity contribution is 7.80. The van der Waals surface area contributed by atoms with E-state index in [9.17, 15) is 47.0 Å². The summed E-state index contributed by atoms with van der Waals surface area (Å²) >= 11 is 4.15. The predicted octanol–water partition coefficient (Wildman–Crippen LogP) is -2.61. The van der Waals surface area contributed by atoms with E-state index in [1.807, 2.05) is 0 Å². The van der Waals surface area contributed by atoms with Crippen LogP contribution in [0.3, 0.4) is 0 Å². The Morgan fingerprint density at radius 2 is 1.38 bits per heavy atom. The number of carbonyl (C=O) groups is 7. The van der Waals surface area contributed by atoms with Crippen molar-refractivity contribution in [1.29, 1.82) is 0 Å². The number of hydrogen-bond acceptors (Lipinski definition) is 9. The van der Waals surface area contributed by atoms with Crippen molar-refractivity contribution in [3.63, 3.8) is 0 Å². The van der Waals surface area contributed by atoms with Crippen LogP contribution >= 0.6 is 12.6 Å². The van der Waals surface area contributed by atoms with E-state index < -0.39 is 84.8 Å². The highest BCUT2D eigenvalue weighted by Gasteiger charge is 2.38. The van der Waals surface area contributed by atoms with Gasteiger partial charge in [0.15, 0.2) is 5.96 Å². The molecule has 1 saturated heterocycles. The Labute approximate surface area is 270 Å². The summed E-state index contributed by atoms with van der Waals surface area (Å²) in [5.41, 5.74) is 11.3. The van der Waals surface area contributed by atoms with Gasteiger partial charge in [-0.3, -0.25) is 33.8 Å². The van der Waals surface area contributed by atoms with Gasteiger partial charge in [-0.2, -0.15) is 25.8 Å². The molecule has 2 rings (SSSR count). The molecule has 0 bridgehead atoms. The number of aliphatic imine (C=N–C) groups is 1. The topological polar surface area (TPSA) is 284 Å². The first kappa shape index (κ1) is 39.9. The summed E-state index contributed by atoms with van der Waals surface area (Å²) in [6, 6.07) is 3.56. The van der Waals surface area contributed by atoms with Gasteiger partial charge < -0.3 is 48.3 Å². The van der Waals surface area contributed by atoms with Crippen LogP contribution in [-0.2, 0) is 40.0 Å². The summed E-state index contributed by atoms with van der Waals surface area (Å²) < 4.78 is 31.7. The minimum atomic E-state index is -5.08. The summed E-state index contributed by atoms with van der Waals surface area (Å²) in [4.78, 5) is 88.8. The number of halogens is 3. The number of nitrogens with zero attached hydrogens (tertiary/aromatic N) is 1. The summed E-state index contributed by atoms with van der Waals surface area (Å²) in [6.07, 6.45) is -5.49. The maximum Gasteiger partial charge on any atom is 0.490 e. The van der Waals surface area contributed by atoms with Crippen molar-refractivity contribution in [2.24, 2.45) is 16.5 Å². The molecule has 1 fully saturated rings. The number of carbonyl (C=O) groups excluding carboxylic acids is 5. The van der Waals surface area contributed by atoms with Gasteiger partial charge in [0.05, 0.1) is 13.0 Å². The predicted molar refractivity (Wildman–Crippen MR) is 161 cm³/mol. The van der Waals surface area contributed by atoms with Gasteiger partial charge in [0.25, 0.3) is 0 Å². The molecule has 0 saturated carbocycles. The van der Waals surface area contributed by atoms with E-state index in [0.717, 1.165) is 0 Å². The van der Waals surface area contributed by atoms with Crippen molar-refractivity contribution >= 4 is 60.1 Å². The largest absolute Gasteiger partial charge is 0.490 e. The molecule has 1 aromatic rings. The molecular formula is C26H35F3N8O9S. The lowest BCUT2D eigenvalue weighted by atomic mass is 10.0. The number of alkyl halides is 3. The van der Waals surface area contributed by atoms with E-state index in [0.29, 0.717) is 12.0 Å². The minimum absolute atomic E-state index is 0.000516. The van der Waals surface area contributed by atoms with Gasteiger partial charge in [-0.15, -0.1) is 0 Å². The Balaban J connectivity index is 0.00000141. The second-order valence-electron chi connectivity index (χ2n) is 9.74. The van der Waals surface area contributed by atoms with Crippen LogP contribution in [0, 0.1) is 0 Å². The number of thiol groups is 1. The van der Waals surface area contributed by atoms with Crippen LogP contribution in [0.15, 0.2) is 35.3 Å². The molecule has 0 aliphatic carbocycles. The van der Waals surface area contributed by atoms with Crippen molar-refractivity contribution in [3.8, 4) is 0 Å². The normalized spacial score (nSPS) is 21.1. The number of amides is 5. The van der Waals surface area contributed by atoms with Crippen LogP contribution < -0.4 is 38.1 Å². The third-order valence-corrected chi connectivity index (χ3v) is 6.37. The number of guanidine groups is 1. The van der Waals surface area contributed by atoms with E-state index >= 15 is 0 Å². The summed E-state index contributed by atoms with van der Waals surface area (Å²) in [5.74, 6) is -8.42. The summed E-state index contributed by atoms with van der Waals surface area (Å²) in [5, 5.41) is 28.6. The van der Waals surface area contributed by atoms with E-state index in [1.165, 1.54) is 0 Å². The van der Waals surface area contributed by atoms with Gasteiger partial charge in [0, 0.05) is 18.7 Å². The van der Waals surface area contributed by atoms with E-state index in [2.05, 4.69) is 44.2 Å². The van der Waals surface area contributed by atoms with Gasteiger partial charge in [-0.05, 0) is 18.4 Å². The molecule has 0 spiro atoms. The molecule has 1 aromatic carbocycles. The van der Waals surface area contributed by atoms with Gasteiger partial charge in [0.1, 0.15) is 24.2 Å². The van der Waals surface area contributed by atoms with Crippen molar-refractivity contribution in [3.05, 3.63) is 35.9 Å². The van der Waals surface area contributed by atoms with Crippen LogP contribution in [0.5, 0.6) is 0 Å². The van der Waals surface area contributed by atoms with Crippen LogP contribution in [0.2, 0.25) is 0 Å². The fourth-order valence-electron chi connectivity index (χ4n) is 3.76. The Morgan fingerprint density at radius 3 is 1.91 bits per heavy atom. The molecular weight excluding hydrogens is 657 g/mol. The molecule has 5 amide bonds. The molecule has 11 N–H and O–H groups in total. The Hall–Kier alpha value is -5.08. The van der Waals surface area contributed by atoms with Crippen LogP contribution in [-0.4, -0.2) is 107 Å². The van der Waals surface area contributed by atoms with E-state index in [-0.39, 0.29) is 31.1 Å². The Bertz CT molecular complexity index is 1310. The number of carboxylic acid groups (broad SMARTS) is 2. The van der Waals surface area contributed by atoms with Crippen molar-refractivity contribution < 1.29 is 56.9 Å². The number of benzene rings is 1. The summed E-state index contributed by atoms with van der Waals surface area (Å²) in [7, 11) is 0. The molecule has 47 heavy (non-hydrogen) atoms. The van der Waals surface area contributed by atoms with Crippen molar-refractivity contribution in [1.82, 2.24) is 26.6 Å². The first-order valence-electron chi connectivity index (χ1n) is 13.6. The average molecular weight is 693 g/mol. The minimum Gasteiger partial charge on any atom is -0.481 e. The molecule has 1 aliphatic heterocycles. The summed E-state index contributed by atoms with van der Waals surface area (Å²) in [6.45, 7) is -0.440. The molecule has 0 unspecified atom stereocenters. The molecule has 4 atom stereocenters. The van der Waals surface area contributed by atoms with Crippen molar-refractivity contribution in [2.45, 2.75) is 56.0 Å². The molecule has 260 valence electrons. The molecule has 17 nitrogen and oxygen atoms in total. The first-order chi connectivity index (χ1) is 21.9. The molecule has 1 aliphatic rings. The Kier molecular flexibility index (Phi) is 16.5. The number of hydrogen-bond donors (Lipinski definition) is 10. The molecule has 0 aromatic heterocycles. The van der Waals surface area contributed by atoms with Gasteiger partial charge in [-0.1, -0.05) is 30.3 Å². The molecule has 0 radical (unpaired) electrons. The maximum absolute atomic E-state index is 13.3. The van der Waals surface area contributed by atoms with Crippen LogP contribution in [0.25, 0.3) is 0 Å². The first-order valence-corrected chi connectivity index (χ1v) is 14.3. The van der Waals surface area contributed by atoms with E-state index in [4.69, 9.17) is 21.4 Å². The zero-order chi connectivity index (χ0) is 35.7. The fraction of sp³-hybridized carbons (Fsp3) is 0.462. The highest BCUT2D eigenvalue weighted by Crippen LogP contribution is 2.13. The fourth-order valence-corrected chi connectivity index (χ4v) is 4.02. The lowest BCUT2D eigenvalue weighted by molar-refractivity contribution is -0.192. The van der Waals surface area contributed by atoms with Gasteiger partial charge >= 0.3 is 18.1 Å². The number of rotatable bonds is 9. The second-order valence-corrected chi connectivity index (χ2v) is 10.1. The zero-order valence-corrected chi connectivity index (χ0v) is 25.5. The van der Waals surface area contributed by atoms with Crippen LogP contribution in [0.1, 0.15) is 24.8 Å². The van der Waals surface area contributed by atoms with Crippen molar-refractivity contribution in [2.75, 3.05) is 18.8 Å². The number of aliphatic carboxylic acids is 2. The monoisotopic (exact) mass is 692 g/mol. The smallest absolute Gasteiger partial charge is 0.481 e. The average Bonchev–Trinajstić information content (AvgIpc) is 2.98. The van der Waals surface area contributed by atoms with E-state index in [1.54, 1.807) is 30.3 Å². The van der Waals surface area contributed by atoms with Gasteiger partial charge in [-0.25, -0.2) is 4.79 Å². The van der Waals surface area contributed by atoms with Crippen LogP contribution in [0.4, 0.5) is 13.2 Å². The lowest BCUT2D eigenvalue weighted by Crippen LogP contribution is -2.58. The number of nitrogens with two attached hydrogens (primary N) is 2.